The number of carbonyl (C=O) groups excluding carboxylic acids is 1. The molecule has 0 unspecified atom stereocenters. The van der Waals surface area contributed by atoms with Gasteiger partial charge in [-0.05, 0) is 31.7 Å². The number of rotatable bonds is 3. The molecule has 1 aliphatic heterocycles. The predicted molar refractivity (Wildman–Crippen MR) is 96.1 cm³/mol. The van der Waals surface area contributed by atoms with Crippen LogP contribution in [0.25, 0.3) is 0 Å². The Balaban J connectivity index is 1.60. The molecule has 1 aromatic rings. The molecule has 0 bridgehead atoms. The van der Waals surface area contributed by atoms with Crippen molar-refractivity contribution in [3.8, 4) is 0 Å². The molecule has 5 heteroatoms. The van der Waals surface area contributed by atoms with E-state index in [1.165, 1.54) is 6.42 Å². The van der Waals surface area contributed by atoms with Crippen molar-refractivity contribution < 1.29 is 4.79 Å². The summed E-state index contributed by atoms with van der Waals surface area (Å²) in [6.45, 7) is 8.32. The third-order valence-corrected chi connectivity index (χ3v) is 5.45. The molecule has 3 rings (SSSR count). The van der Waals surface area contributed by atoms with Crippen LogP contribution in [0.1, 0.15) is 58.7 Å². The van der Waals surface area contributed by atoms with Gasteiger partial charge in [0.2, 0.25) is 5.91 Å². The SMILES string of the molecule is CN(C(=O)C1CCC1)C1CCN(c2ccnc(C(C)(C)C)n2)CC1. The highest BCUT2D eigenvalue weighted by molar-refractivity contribution is 5.79. The zero-order valence-electron chi connectivity index (χ0n) is 15.5. The molecule has 5 nitrogen and oxygen atoms in total. The molecule has 2 aliphatic rings. The fraction of sp³-hybridized carbons (Fsp3) is 0.737. The summed E-state index contributed by atoms with van der Waals surface area (Å²) in [5.74, 6) is 2.56. The van der Waals surface area contributed by atoms with Crippen LogP contribution in [0.5, 0.6) is 0 Å². The van der Waals surface area contributed by atoms with Crippen LogP contribution in [0.4, 0.5) is 5.82 Å². The molecular weight excluding hydrogens is 300 g/mol. The van der Waals surface area contributed by atoms with E-state index in [0.29, 0.717) is 17.9 Å². The monoisotopic (exact) mass is 330 g/mol. The third kappa shape index (κ3) is 3.55. The normalized spacial score (nSPS) is 19.9. The summed E-state index contributed by atoms with van der Waals surface area (Å²) in [6, 6.07) is 2.37. The number of aromatic nitrogens is 2. The van der Waals surface area contributed by atoms with Crippen LogP contribution in [-0.2, 0) is 10.2 Å². The van der Waals surface area contributed by atoms with E-state index in [0.717, 1.165) is 50.4 Å². The first-order valence-electron chi connectivity index (χ1n) is 9.21. The highest BCUT2D eigenvalue weighted by atomic mass is 16.2. The van der Waals surface area contributed by atoms with E-state index < -0.39 is 0 Å². The van der Waals surface area contributed by atoms with Crippen molar-refractivity contribution in [1.82, 2.24) is 14.9 Å². The van der Waals surface area contributed by atoms with E-state index in [4.69, 9.17) is 4.98 Å². The number of carbonyl (C=O) groups is 1. The fourth-order valence-corrected chi connectivity index (χ4v) is 3.49. The van der Waals surface area contributed by atoms with Gasteiger partial charge in [-0.15, -0.1) is 0 Å². The van der Waals surface area contributed by atoms with Crippen molar-refractivity contribution in [2.45, 2.75) is 64.3 Å². The Morgan fingerprint density at radius 1 is 1.21 bits per heavy atom. The average Bonchev–Trinajstić information content (AvgIpc) is 2.52. The molecule has 1 saturated heterocycles. The fourth-order valence-electron chi connectivity index (χ4n) is 3.49. The molecule has 2 fully saturated rings. The van der Waals surface area contributed by atoms with Gasteiger partial charge in [0.1, 0.15) is 11.6 Å². The second-order valence-electron chi connectivity index (χ2n) is 8.28. The minimum Gasteiger partial charge on any atom is -0.356 e. The minimum atomic E-state index is -0.0380. The van der Waals surface area contributed by atoms with E-state index in [1.54, 1.807) is 0 Å². The molecule has 1 amide bonds. The lowest BCUT2D eigenvalue weighted by Gasteiger charge is -2.39. The second kappa shape index (κ2) is 6.69. The molecule has 0 spiro atoms. The number of piperidine rings is 1. The van der Waals surface area contributed by atoms with E-state index in [-0.39, 0.29) is 5.41 Å². The molecule has 132 valence electrons. The van der Waals surface area contributed by atoms with Crippen molar-refractivity contribution >= 4 is 11.7 Å². The quantitative estimate of drug-likeness (QED) is 0.855. The predicted octanol–water partition coefficient (Wildman–Crippen LogP) is 3.00. The van der Waals surface area contributed by atoms with Gasteiger partial charge in [-0.25, -0.2) is 9.97 Å². The largest absolute Gasteiger partial charge is 0.356 e. The lowest BCUT2D eigenvalue weighted by Crippen LogP contribution is -2.48. The first kappa shape index (κ1) is 17.2. The van der Waals surface area contributed by atoms with Gasteiger partial charge in [0.25, 0.3) is 0 Å². The van der Waals surface area contributed by atoms with Crippen LogP contribution in [0, 0.1) is 5.92 Å². The Morgan fingerprint density at radius 2 is 1.88 bits per heavy atom. The summed E-state index contributed by atoms with van der Waals surface area (Å²) in [4.78, 5) is 25.9. The topological polar surface area (TPSA) is 49.3 Å². The summed E-state index contributed by atoms with van der Waals surface area (Å²) in [5, 5.41) is 0. The maximum atomic E-state index is 12.4. The third-order valence-electron chi connectivity index (χ3n) is 5.45. The van der Waals surface area contributed by atoms with E-state index in [2.05, 4.69) is 30.7 Å². The van der Waals surface area contributed by atoms with E-state index >= 15 is 0 Å². The number of hydrogen-bond acceptors (Lipinski definition) is 4. The van der Waals surface area contributed by atoms with Crippen LogP contribution >= 0.6 is 0 Å². The van der Waals surface area contributed by atoms with Gasteiger partial charge in [-0.3, -0.25) is 4.79 Å². The number of nitrogens with zero attached hydrogens (tertiary/aromatic N) is 4. The van der Waals surface area contributed by atoms with E-state index in [9.17, 15) is 4.79 Å². The molecule has 0 radical (unpaired) electrons. The van der Waals surface area contributed by atoms with Crippen molar-refractivity contribution in [1.29, 1.82) is 0 Å². The van der Waals surface area contributed by atoms with Crippen molar-refractivity contribution in [2.24, 2.45) is 5.92 Å². The van der Waals surface area contributed by atoms with Crippen LogP contribution in [-0.4, -0.2) is 47.0 Å². The summed E-state index contributed by atoms with van der Waals surface area (Å²) in [5.41, 5.74) is -0.0380. The van der Waals surface area contributed by atoms with E-state index in [1.807, 2.05) is 24.2 Å². The standard InChI is InChI=1S/C19H30N4O/c1-19(2,3)18-20-11-8-16(21-18)23-12-9-15(10-13-23)22(4)17(24)14-6-5-7-14/h8,11,14-15H,5-7,9-10,12-13H2,1-4H3. The van der Waals surface area contributed by atoms with Crippen molar-refractivity contribution in [3.63, 3.8) is 0 Å². The molecule has 2 heterocycles. The first-order chi connectivity index (χ1) is 11.4. The average molecular weight is 330 g/mol. The molecule has 1 saturated carbocycles. The highest BCUT2D eigenvalue weighted by Crippen LogP contribution is 2.30. The van der Waals surface area contributed by atoms with Gasteiger partial charge in [-0.1, -0.05) is 27.2 Å². The summed E-state index contributed by atoms with van der Waals surface area (Å²) >= 11 is 0. The summed E-state index contributed by atoms with van der Waals surface area (Å²) in [7, 11) is 1.99. The van der Waals surface area contributed by atoms with Crippen LogP contribution in [0.3, 0.4) is 0 Å². The van der Waals surface area contributed by atoms with Gasteiger partial charge < -0.3 is 9.80 Å². The molecule has 0 N–H and O–H groups in total. The zero-order valence-corrected chi connectivity index (χ0v) is 15.5. The Morgan fingerprint density at radius 3 is 2.42 bits per heavy atom. The Labute approximate surface area is 145 Å². The van der Waals surface area contributed by atoms with Crippen molar-refractivity contribution in [2.75, 3.05) is 25.0 Å². The smallest absolute Gasteiger partial charge is 0.225 e. The van der Waals surface area contributed by atoms with Gasteiger partial charge in [0.15, 0.2) is 0 Å². The maximum absolute atomic E-state index is 12.4. The molecule has 24 heavy (non-hydrogen) atoms. The molecule has 0 atom stereocenters. The van der Waals surface area contributed by atoms with Gasteiger partial charge >= 0.3 is 0 Å². The van der Waals surface area contributed by atoms with Gasteiger partial charge in [0, 0.05) is 43.7 Å². The lowest BCUT2D eigenvalue weighted by molar-refractivity contribution is -0.139. The summed E-state index contributed by atoms with van der Waals surface area (Å²) in [6.07, 6.45) is 7.28. The van der Waals surface area contributed by atoms with Crippen LogP contribution in [0.15, 0.2) is 12.3 Å². The zero-order chi connectivity index (χ0) is 17.3. The van der Waals surface area contributed by atoms with Crippen molar-refractivity contribution in [3.05, 3.63) is 18.1 Å². The number of amides is 1. The second-order valence-corrected chi connectivity index (χ2v) is 8.28. The Bertz CT molecular complexity index is 583. The lowest BCUT2D eigenvalue weighted by atomic mass is 9.84. The van der Waals surface area contributed by atoms with Gasteiger partial charge in [-0.2, -0.15) is 0 Å². The number of hydrogen-bond donors (Lipinski definition) is 0. The molecule has 1 aliphatic carbocycles. The maximum Gasteiger partial charge on any atom is 0.225 e. The molecular formula is C19H30N4O. The minimum absolute atomic E-state index is 0.0380. The summed E-state index contributed by atoms with van der Waals surface area (Å²) < 4.78 is 0. The van der Waals surface area contributed by atoms with Crippen LogP contribution in [0.2, 0.25) is 0 Å². The number of anilines is 1. The first-order valence-corrected chi connectivity index (χ1v) is 9.21. The Kier molecular flexibility index (Phi) is 4.79. The van der Waals surface area contributed by atoms with Crippen LogP contribution < -0.4 is 4.90 Å². The highest BCUT2D eigenvalue weighted by Gasteiger charge is 2.32. The Hall–Kier alpha value is -1.65. The van der Waals surface area contributed by atoms with Gasteiger partial charge in [0.05, 0.1) is 0 Å². The molecule has 0 aromatic carbocycles. The molecule has 1 aromatic heterocycles.